The van der Waals surface area contributed by atoms with Gasteiger partial charge in [0.2, 0.25) is 0 Å². The van der Waals surface area contributed by atoms with Crippen LogP contribution in [-0.4, -0.2) is 7.11 Å². The highest BCUT2D eigenvalue weighted by Gasteiger charge is 2.14. The fourth-order valence-corrected chi connectivity index (χ4v) is 2.25. The third kappa shape index (κ3) is 3.27. The second kappa shape index (κ2) is 6.26. The summed E-state index contributed by atoms with van der Waals surface area (Å²) in [5, 5.41) is 10.0. The highest BCUT2D eigenvalue weighted by molar-refractivity contribution is 6.30. The average Bonchev–Trinajstić information content (AvgIpc) is 2.45. The van der Waals surface area contributed by atoms with Gasteiger partial charge in [-0.25, -0.2) is 0 Å². The quantitative estimate of drug-likeness (QED) is 0.835. The van der Waals surface area contributed by atoms with Gasteiger partial charge in [0.15, 0.2) is 0 Å². The first-order valence-corrected chi connectivity index (χ1v) is 6.39. The molecule has 0 fully saturated rings. The summed E-state index contributed by atoms with van der Waals surface area (Å²) in [6.07, 6.45) is 0.612. The molecule has 0 N–H and O–H groups in total. The molecular weight excluding hydrogens is 258 g/mol. The maximum atomic E-state index is 9.36. The second-order valence-electron chi connectivity index (χ2n) is 4.25. The molecule has 0 bridgehead atoms. The van der Waals surface area contributed by atoms with E-state index in [0.717, 1.165) is 16.9 Å². The lowest BCUT2D eigenvalue weighted by molar-refractivity contribution is 0.409. The molecule has 2 aromatic carbocycles. The molecule has 0 aliphatic rings. The van der Waals surface area contributed by atoms with Gasteiger partial charge in [0.05, 0.1) is 19.1 Å². The van der Waals surface area contributed by atoms with E-state index < -0.39 is 0 Å². The van der Waals surface area contributed by atoms with Crippen molar-refractivity contribution < 1.29 is 4.74 Å². The van der Waals surface area contributed by atoms with Crippen molar-refractivity contribution >= 4 is 11.6 Å². The zero-order valence-corrected chi connectivity index (χ0v) is 11.4. The van der Waals surface area contributed by atoms with Crippen molar-refractivity contribution in [3.05, 3.63) is 64.7 Å². The Morgan fingerprint density at radius 1 is 1.21 bits per heavy atom. The van der Waals surface area contributed by atoms with E-state index in [4.69, 9.17) is 16.3 Å². The lowest BCUT2D eigenvalue weighted by Crippen LogP contribution is -2.02. The van der Waals surface area contributed by atoms with E-state index in [2.05, 4.69) is 6.07 Å². The van der Waals surface area contributed by atoms with Crippen LogP contribution in [0, 0.1) is 11.3 Å². The molecule has 0 amide bonds. The highest BCUT2D eigenvalue weighted by atomic mass is 35.5. The van der Waals surface area contributed by atoms with Crippen LogP contribution in [0.4, 0.5) is 0 Å². The molecule has 2 nitrogen and oxygen atoms in total. The molecule has 3 heteroatoms. The van der Waals surface area contributed by atoms with E-state index >= 15 is 0 Å². The van der Waals surface area contributed by atoms with E-state index in [1.54, 1.807) is 7.11 Å². The maximum Gasteiger partial charge on any atom is 0.122 e. The number of nitriles is 1. The second-order valence-corrected chi connectivity index (χ2v) is 4.69. The monoisotopic (exact) mass is 271 g/mol. The topological polar surface area (TPSA) is 33.0 Å². The normalized spacial score (nSPS) is 11.6. The first-order chi connectivity index (χ1) is 9.24. The number of ether oxygens (including phenoxy) is 1. The predicted octanol–water partition coefficient (Wildman–Crippen LogP) is 4.20. The third-order valence-electron chi connectivity index (χ3n) is 3.02. The summed E-state index contributed by atoms with van der Waals surface area (Å²) < 4.78 is 5.31. The van der Waals surface area contributed by atoms with Gasteiger partial charge in [-0.1, -0.05) is 41.9 Å². The molecule has 0 aliphatic carbocycles. The van der Waals surface area contributed by atoms with Crippen LogP contribution < -0.4 is 4.74 Å². The molecule has 96 valence electrons. The van der Waals surface area contributed by atoms with Crippen molar-refractivity contribution in [2.75, 3.05) is 7.11 Å². The van der Waals surface area contributed by atoms with Gasteiger partial charge >= 0.3 is 0 Å². The van der Waals surface area contributed by atoms with E-state index in [1.807, 2.05) is 48.5 Å². The van der Waals surface area contributed by atoms with E-state index in [1.165, 1.54) is 0 Å². The van der Waals surface area contributed by atoms with Gasteiger partial charge in [0, 0.05) is 5.02 Å². The molecular formula is C16H14ClNO. The molecule has 0 saturated heterocycles. The van der Waals surface area contributed by atoms with Crippen LogP contribution in [-0.2, 0) is 6.42 Å². The summed E-state index contributed by atoms with van der Waals surface area (Å²) in [5.74, 6) is 0.583. The van der Waals surface area contributed by atoms with Gasteiger partial charge in [-0.3, -0.25) is 0 Å². The zero-order valence-electron chi connectivity index (χ0n) is 10.6. The lowest BCUT2D eigenvalue weighted by atomic mass is 9.93. The first kappa shape index (κ1) is 13.5. The van der Waals surface area contributed by atoms with Crippen LogP contribution in [0.25, 0.3) is 0 Å². The Hall–Kier alpha value is -1.98. The first-order valence-electron chi connectivity index (χ1n) is 6.01. The Kier molecular flexibility index (Phi) is 4.43. The van der Waals surface area contributed by atoms with Crippen LogP contribution in [0.1, 0.15) is 17.0 Å². The van der Waals surface area contributed by atoms with Crippen molar-refractivity contribution in [1.82, 2.24) is 0 Å². The van der Waals surface area contributed by atoms with E-state index in [0.29, 0.717) is 11.4 Å². The third-order valence-corrected chi connectivity index (χ3v) is 3.26. The van der Waals surface area contributed by atoms with E-state index in [9.17, 15) is 5.26 Å². The summed E-state index contributed by atoms with van der Waals surface area (Å²) in [7, 11) is 1.64. The molecule has 2 aromatic rings. The van der Waals surface area contributed by atoms with Crippen LogP contribution in [0.5, 0.6) is 5.75 Å². The number of methoxy groups -OCH3 is 1. The smallest absolute Gasteiger partial charge is 0.122 e. The highest BCUT2D eigenvalue weighted by Crippen LogP contribution is 2.27. The predicted molar refractivity (Wildman–Crippen MR) is 76.5 cm³/mol. The number of rotatable bonds is 4. The zero-order chi connectivity index (χ0) is 13.7. The number of nitrogens with zero attached hydrogens (tertiary/aromatic N) is 1. The largest absolute Gasteiger partial charge is 0.496 e. The average molecular weight is 272 g/mol. The van der Waals surface area contributed by atoms with Crippen LogP contribution in [0.15, 0.2) is 48.5 Å². The summed E-state index contributed by atoms with van der Waals surface area (Å²) >= 11 is 5.97. The number of halogens is 1. The van der Waals surface area contributed by atoms with Gasteiger partial charge in [-0.2, -0.15) is 5.26 Å². The number of hydrogen-bond acceptors (Lipinski definition) is 2. The van der Waals surface area contributed by atoms with Gasteiger partial charge in [-0.15, -0.1) is 0 Å². The van der Waals surface area contributed by atoms with Crippen molar-refractivity contribution in [2.24, 2.45) is 0 Å². The van der Waals surface area contributed by atoms with Crippen molar-refractivity contribution in [1.29, 1.82) is 5.26 Å². The molecule has 0 spiro atoms. The Bertz CT molecular complexity index is 604. The van der Waals surface area contributed by atoms with Crippen LogP contribution in [0.2, 0.25) is 5.02 Å². The Morgan fingerprint density at radius 2 is 2.00 bits per heavy atom. The lowest BCUT2D eigenvalue weighted by Gasteiger charge is -2.12. The number of hydrogen-bond donors (Lipinski definition) is 0. The molecule has 2 rings (SSSR count). The molecule has 1 atom stereocenters. The molecule has 0 aliphatic heterocycles. The van der Waals surface area contributed by atoms with Crippen LogP contribution >= 0.6 is 11.6 Å². The standard InChI is InChI=1S/C16H14ClNO/c1-19-16-8-3-2-5-13(16)9-14(11-18)12-6-4-7-15(17)10-12/h2-8,10,14H,9H2,1H3. The minimum absolute atomic E-state index is 0.227. The Balaban J connectivity index is 2.27. The fraction of sp³-hybridized carbons (Fsp3) is 0.188. The maximum absolute atomic E-state index is 9.36. The molecule has 1 unspecified atom stereocenters. The summed E-state index contributed by atoms with van der Waals surface area (Å²) in [6, 6.07) is 17.5. The number of para-hydroxylation sites is 1. The molecule has 19 heavy (non-hydrogen) atoms. The number of benzene rings is 2. The fourth-order valence-electron chi connectivity index (χ4n) is 2.05. The molecule has 0 aromatic heterocycles. The molecule has 0 saturated carbocycles. The van der Waals surface area contributed by atoms with Gasteiger partial charge in [-0.05, 0) is 35.7 Å². The molecule has 0 radical (unpaired) electrons. The summed E-state index contributed by atoms with van der Waals surface area (Å²) in [4.78, 5) is 0. The van der Waals surface area contributed by atoms with Crippen LogP contribution in [0.3, 0.4) is 0 Å². The summed E-state index contributed by atoms with van der Waals surface area (Å²) in [5.41, 5.74) is 1.96. The van der Waals surface area contributed by atoms with E-state index in [-0.39, 0.29) is 5.92 Å². The minimum Gasteiger partial charge on any atom is -0.496 e. The van der Waals surface area contributed by atoms with Crippen molar-refractivity contribution in [3.63, 3.8) is 0 Å². The summed E-state index contributed by atoms with van der Waals surface area (Å²) in [6.45, 7) is 0. The Morgan fingerprint density at radius 3 is 2.68 bits per heavy atom. The molecule has 0 heterocycles. The van der Waals surface area contributed by atoms with Crippen molar-refractivity contribution in [3.8, 4) is 11.8 Å². The van der Waals surface area contributed by atoms with Gasteiger partial charge in [0.25, 0.3) is 0 Å². The Labute approximate surface area is 118 Å². The van der Waals surface area contributed by atoms with Gasteiger partial charge < -0.3 is 4.74 Å². The SMILES string of the molecule is COc1ccccc1CC(C#N)c1cccc(Cl)c1. The van der Waals surface area contributed by atoms with Gasteiger partial charge in [0.1, 0.15) is 5.75 Å². The minimum atomic E-state index is -0.227. The van der Waals surface area contributed by atoms with Crippen molar-refractivity contribution in [2.45, 2.75) is 12.3 Å².